The highest BCUT2D eigenvalue weighted by Gasteiger charge is 2.26. The Labute approximate surface area is 339 Å². The van der Waals surface area contributed by atoms with E-state index < -0.39 is 26.5 Å². The summed E-state index contributed by atoms with van der Waals surface area (Å²) in [4.78, 5) is 34.9. The van der Waals surface area contributed by atoms with Gasteiger partial charge in [-0.15, -0.1) is 0 Å². The fourth-order valence-corrected chi connectivity index (χ4v) is 7.76. The van der Waals surface area contributed by atoms with E-state index >= 15 is 0 Å². The van der Waals surface area contributed by atoms with Crippen molar-refractivity contribution in [2.45, 2.75) is 251 Å². The molecule has 10 heteroatoms. The summed E-state index contributed by atoms with van der Waals surface area (Å²) in [5, 5.41) is 0. The number of hydrogen-bond donors (Lipinski definition) is 2. The van der Waals surface area contributed by atoms with Gasteiger partial charge in [0.25, 0.3) is 0 Å². The van der Waals surface area contributed by atoms with Crippen molar-refractivity contribution in [3.63, 3.8) is 0 Å². The summed E-state index contributed by atoms with van der Waals surface area (Å²) in [7, 11) is -4.37. The summed E-state index contributed by atoms with van der Waals surface area (Å²) < 4.78 is 32.8. The minimum atomic E-state index is -4.37. The third kappa shape index (κ3) is 42.4. The van der Waals surface area contributed by atoms with Gasteiger partial charge in [-0.05, 0) is 12.8 Å². The number of ether oxygens (including phenoxy) is 2. The van der Waals surface area contributed by atoms with Crippen LogP contribution in [0.4, 0.5) is 0 Å². The molecule has 328 valence electrons. The average molecular weight is 804 g/mol. The molecule has 0 saturated carbocycles. The van der Waals surface area contributed by atoms with Gasteiger partial charge in [0.2, 0.25) is 0 Å². The number of rotatable bonds is 45. The van der Waals surface area contributed by atoms with E-state index in [-0.39, 0.29) is 38.6 Å². The number of phosphoric ester groups is 1. The first-order valence-electron chi connectivity index (χ1n) is 23.5. The Bertz CT molecular complexity index is 876. The molecule has 0 saturated heterocycles. The third-order valence-corrected chi connectivity index (χ3v) is 11.5. The van der Waals surface area contributed by atoms with Crippen LogP contribution < -0.4 is 5.73 Å². The minimum absolute atomic E-state index is 0.0582. The topological polar surface area (TPSA) is 134 Å². The smallest absolute Gasteiger partial charge is 0.462 e. The van der Waals surface area contributed by atoms with Gasteiger partial charge in [-0.1, -0.05) is 219 Å². The minimum Gasteiger partial charge on any atom is -0.462 e. The largest absolute Gasteiger partial charge is 0.472 e. The zero-order valence-corrected chi connectivity index (χ0v) is 37.1. The molecule has 0 radical (unpaired) electrons. The van der Waals surface area contributed by atoms with Crippen LogP contribution in [0, 0.1) is 0 Å². The molecule has 0 spiro atoms. The summed E-state index contributed by atoms with van der Waals surface area (Å²) in [6.07, 6.45) is 42.8. The number of hydrogen-bond acceptors (Lipinski definition) is 8. The second-order valence-corrected chi connectivity index (χ2v) is 17.4. The van der Waals surface area contributed by atoms with Crippen molar-refractivity contribution in [3.8, 4) is 0 Å². The lowest BCUT2D eigenvalue weighted by Gasteiger charge is -2.19. The Hall–Kier alpha value is -0.990. The zero-order chi connectivity index (χ0) is 40.3. The molecule has 0 aromatic heterocycles. The lowest BCUT2D eigenvalue weighted by atomic mass is 10.0. The molecular weight excluding hydrogens is 713 g/mol. The van der Waals surface area contributed by atoms with E-state index in [2.05, 4.69) is 13.8 Å². The molecule has 0 fully saturated rings. The van der Waals surface area contributed by atoms with E-state index in [4.69, 9.17) is 24.3 Å². The van der Waals surface area contributed by atoms with Gasteiger partial charge in [0, 0.05) is 19.4 Å². The second-order valence-electron chi connectivity index (χ2n) is 16.0. The Morgan fingerprint density at radius 2 is 0.782 bits per heavy atom. The van der Waals surface area contributed by atoms with Gasteiger partial charge in [0.05, 0.1) is 13.2 Å². The predicted octanol–water partition coefficient (Wildman–Crippen LogP) is 13.6. The summed E-state index contributed by atoms with van der Waals surface area (Å²) in [6, 6.07) is 0. The van der Waals surface area contributed by atoms with Gasteiger partial charge in [-0.3, -0.25) is 18.6 Å². The molecule has 3 N–H and O–H groups in total. The Morgan fingerprint density at radius 1 is 0.473 bits per heavy atom. The third-order valence-electron chi connectivity index (χ3n) is 10.5. The van der Waals surface area contributed by atoms with Crippen molar-refractivity contribution in [3.05, 3.63) is 0 Å². The SMILES string of the molecule is CCCCCCCCCCCCCCCCCCCCCCC(=O)O[C@H](COC(=O)CCCCCCCCCCCCCCCC)COP(=O)(O)OCCN. The first kappa shape index (κ1) is 54.0. The highest BCUT2D eigenvalue weighted by atomic mass is 31.2. The number of carbonyl (C=O) groups is 2. The van der Waals surface area contributed by atoms with E-state index in [0.717, 1.165) is 32.1 Å². The van der Waals surface area contributed by atoms with Gasteiger partial charge in [0.15, 0.2) is 6.10 Å². The van der Waals surface area contributed by atoms with Crippen LogP contribution in [0.2, 0.25) is 0 Å². The Kier molecular flexibility index (Phi) is 41.8. The zero-order valence-electron chi connectivity index (χ0n) is 36.2. The van der Waals surface area contributed by atoms with Crippen LogP contribution in [0.5, 0.6) is 0 Å². The van der Waals surface area contributed by atoms with Gasteiger partial charge in [-0.25, -0.2) is 4.57 Å². The maximum absolute atomic E-state index is 12.6. The van der Waals surface area contributed by atoms with Crippen LogP contribution in [0.1, 0.15) is 245 Å². The molecule has 1 unspecified atom stereocenters. The molecule has 2 atom stereocenters. The first-order chi connectivity index (χ1) is 26.8. The maximum Gasteiger partial charge on any atom is 0.472 e. The Morgan fingerprint density at radius 3 is 1.11 bits per heavy atom. The van der Waals surface area contributed by atoms with Gasteiger partial charge in [-0.2, -0.15) is 0 Å². The summed E-state index contributed by atoms with van der Waals surface area (Å²) in [5.41, 5.74) is 5.35. The molecule has 0 heterocycles. The summed E-state index contributed by atoms with van der Waals surface area (Å²) in [6.45, 7) is 3.79. The standard InChI is InChI=1S/C45H90NO8P/c1-3-5-7-9-11-13-15-17-19-20-21-22-23-24-26-28-30-32-34-36-38-45(48)54-43(42-53-55(49,50)52-40-39-46)41-51-44(47)37-35-33-31-29-27-25-18-16-14-12-10-8-6-4-2/h43H,3-42,46H2,1-2H3,(H,49,50)/t43-/m1/s1. The molecule has 0 bridgehead atoms. The molecule has 9 nitrogen and oxygen atoms in total. The average Bonchev–Trinajstić information content (AvgIpc) is 3.17. The van der Waals surface area contributed by atoms with E-state index in [9.17, 15) is 19.0 Å². The molecule has 0 aromatic carbocycles. The molecule has 0 aliphatic heterocycles. The number of phosphoric acid groups is 1. The van der Waals surface area contributed by atoms with E-state index in [1.54, 1.807) is 0 Å². The number of unbranched alkanes of at least 4 members (excludes halogenated alkanes) is 32. The molecule has 0 rings (SSSR count). The lowest BCUT2D eigenvalue weighted by molar-refractivity contribution is -0.161. The molecule has 0 aliphatic carbocycles. The van der Waals surface area contributed by atoms with Gasteiger partial charge < -0.3 is 20.1 Å². The second kappa shape index (κ2) is 42.6. The van der Waals surface area contributed by atoms with Crippen LogP contribution in [0.25, 0.3) is 0 Å². The van der Waals surface area contributed by atoms with E-state index in [1.165, 1.54) is 180 Å². The quantitative estimate of drug-likeness (QED) is 0.0350. The van der Waals surface area contributed by atoms with Crippen molar-refractivity contribution in [2.75, 3.05) is 26.4 Å². The number of nitrogens with two attached hydrogens (primary N) is 1. The van der Waals surface area contributed by atoms with Gasteiger partial charge >= 0.3 is 19.8 Å². The first-order valence-corrected chi connectivity index (χ1v) is 25.0. The van der Waals surface area contributed by atoms with Gasteiger partial charge in [0.1, 0.15) is 6.61 Å². The van der Waals surface area contributed by atoms with Crippen LogP contribution >= 0.6 is 7.82 Å². The molecule has 0 amide bonds. The lowest BCUT2D eigenvalue weighted by Crippen LogP contribution is -2.29. The van der Waals surface area contributed by atoms with Crippen molar-refractivity contribution >= 4 is 19.8 Å². The van der Waals surface area contributed by atoms with Crippen LogP contribution in [0.3, 0.4) is 0 Å². The van der Waals surface area contributed by atoms with Crippen molar-refractivity contribution in [2.24, 2.45) is 5.73 Å². The van der Waals surface area contributed by atoms with E-state index in [1.807, 2.05) is 0 Å². The van der Waals surface area contributed by atoms with Crippen molar-refractivity contribution in [1.82, 2.24) is 0 Å². The van der Waals surface area contributed by atoms with Crippen molar-refractivity contribution < 1.29 is 37.6 Å². The molecule has 0 aliphatic rings. The monoisotopic (exact) mass is 804 g/mol. The fraction of sp³-hybridized carbons (Fsp3) is 0.956. The normalized spacial score (nSPS) is 13.2. The molecule has 0 aromatic rings. The fourth-order valence-electron chi connectivity index (χ4n) is 6.99. The van der Waals surface area contributed by atoms with E-state index in [0.29, 0.717) is 6.42 Å². The highest BCUT2D eigenvalue weighted by Crippen LogP contribution is 2.43. The molecule has 55 heavy (non-hydrogen) atoms. The van der Waals surface area contributed by atoms with Crippen LogP contribution in [-0.4, -0.2) is 49.3 Å². The summed E-state index contributed by atoms with van der Waals surface area (Å²) in [5.74, 6) is -0.810. The van der Waals surface area contributed by atoms with Crippen LogP contribution in [-0.2, 0) is 32.7 Å². The molecular formula is C45H90NO8P. The number of esters is 2. The maximum atomic E-state index is 12.6. The van der Waals surface area contributed by atoms with Crippen LogP contribution in [0.15, 0.2) is 0 Å². The summed E-state index contributed by atoms with van der Waals surface area (Å²) >= 11 is 0. The Balaban J connectivity index is 4.03. The highest BCUT2D eigenvalue weighted by molar-refractivity contribution is 7.47. The predicted molar refractivity (Wildman–Crippen MR) is 229 cm³/mol. The van der Waals surface area contributed by atoms with Crippen molar-refractivity contribution in [1.29, 1.82) is 0 Å². The number of carbonyl (C=O) groups excluding carboxylic acids is 2.